The number of para-hydroxylation sites is 1. The molecule has 0 radical (unpaired) electrons. The van der Waals surface area contributed by atoms with Gasteiger partial charge >= 0.3 is 6.36 Å². The number of hydrogen-bond donors (Lipinski definition) is 1. The lowest BCUT2D eigenvalue weighted by molar-refractivity contribution is -0.274. The van der Waals surface area contributed by atoms with Gasteiger partial charge in [0, 0.05) is 12.1 Å². The van der Waals surface area contributed by atoms with Crippen LogP contribution in [0.5, 0.6) is 5.75 Å². The van der Waals surface area contributed by atoms with Crippen LogP contribution in [-0.4, -0.2) is 49.6 Å². The molecule has 1 aliphatic rings. The highest BCUT2D eigenvalue weighted by Crippen LogP contribution is 2.29. The minimum atomic E-state index is -4.74. The summed E-state index contributed by atoms with van der Waals surface area (Å²) in [6, 6.07) is 21.0. The van der Waals surface area contributed by atoms with Crippen molar-refractivity contribution >= 4 is 45.9 Å². The van der Waals surface area contributed by atoms with E-state index in [-0.39, 0.29) is 11.7 Å². The highest BCUT2D eigenvalue weighted by molar-refractivity contribution is 8.15. The number of aliphatic imine (C=N–C) groups is 1. The number of unbranched alkanes of at least 4 members (excludes halogenated alkanes) is 1. The number of anilines is 1. The maximum Gasteiger partial charge on any atom is 0.573 e. The number of amides is 1. The Labute approximate surface area is 256 Å². The third-order valence-electron chi connectivity index (χ3n) is 6.50. The molecule has 222 valence electrons. The Morgan fingerprint density at radius 3 is 2.65 bits per heavy atom. The molecule has 1 amide bonds. The first-order valence-corrected chi connectivity index (χ1v) is 14.8. The first-order chi connectivity index (χ1) is 20.7. The maximum absolute atomic E-state index is 12.5. The predicted octanol–water partition coefficient (Wildman–Crippen LogP) is 6.47. The van der Waals surface area contributed by atoms with Crippen molar-refractivity contribution in [3.8, 4) is 22.8 Å². The summed E-state index contributed by atoms with van der Waals surface area (Å²) in [4.78, 5) is 23.0. The zero-order valence-corrected chi connectivity index (χ0v) is 24.7. The molecule has 1 aromatic heterocycles. The molecule has 4 aromatic rings. The molecule has 0 atom stereocenters. The average molecular weight is 625 g/mol. The predicted molar refractivity (Wildman–Crippen MR) is 166 cm³/mol. The molecule has 1 saturated heterocycles. The number of aromatic nitrogens is 3. The number of aryl methyl sites for hydroxylation is 2. The lowest BCUT2D eigenvalue weighted by Crippen LogP contribution is -2.32. The van der Waals surface area contributed by atoms with Crippen LogP contribution in [0.15, 0.2) is 84.1 Å². The van der Waals surface area contributed by atoms with Gasteiger partial charge in [0.05, 0.1) is 17.1 Å². The van der Waals surface area contributed by atoms with Gasteiger partial charge < -0.3 is 10.1 Å². The van der Waals surface area contributed by atoms with Gasteiger partial charge in [-0.15, -0.1) is 18.3 Å². The van der Waals surface area contributed by atoms with E-state index in [1.807, 2.05) is 55.5 Å². The number of hydrogen-bond acceptors (Lipinski definition) is 6. The van der Waals surface area contributed by atoms with Crippen LogP contribution in [-0.2, 0) is 11.2 Å². The van der Waals surface area contributed by atoms with Gasteiger partial charge in [-0.1, -0.05) is 48.2 Å². The monoisotopic (exact) mass is 624 g/mol. The number of ether oxygens (including phenoxy) is 1. The molecule has 43 heavy (non-hydrogen) atoms. The maximum atomic E-state index is 12.5. The third kappa shape index (κ3) is 7.99. The van der Waals surface area contributed by atoms with Gasteiger partial charge in [0.15, 0.2) is 16.1 Å². The Morgan fingerprint density at radius 1 is 1.09 bits per heavy atom. The van der Waals surface area contributed by atoms with Crippen molar-refractivity contribution in [1.82, 2.24) is 20.1 Å². The number of halogens is 3. The van der Waals surface area contributed by atoms with E-state index < -0.39 is 6.36 Å². The Bertz CT molecular complexity index is 1640. The largest absolute Gasteiger partial charge is 0.573 e. The lowest BCUT2D eigenvalue weighted by Gasteiger charge is -2.18. The number of rotatable bonds is 9. The average Bonchev–Trinajstić information content (AvgIpc) is 3.60. The molecule has 5 rings (SSSR count). The van der Waals surface area contributed by atoms with E-state index in [0.717, 1.165) is 41.6 Å². The minimum absolute atomic E-state index is 0.0151. The van der Waals surface area contributed by atoms with Crippen molar-refractivity contribution < 1.29 is 22.7 Å². The Balaban J connectivity index is 1.11. The summed E-state index contributed by atoms with van der Waals surface area (Å²) in [5.74, 6) is 0.521. The number of benzene rings is 3. The Hall–Kier alpha value is -4.23. The number of thiocarbonyl (C=S) groups is 1. The Morgan fingerprint density at radius 2 is 1.88 bits per heavy atom. The number of thioether (sulfide) groups is 1. The van der Waals surface area contributed by atoms with E-state index in [1.54, 1.807) is 4.90 Å². The SMILES string of the molecule is Cc1ccccc1N1C(=O)CS/C1=N\C(=S)NCCCCc1cccc(-c2ncn(-c3ccc(OC(F)(F)F)cc3)n2)c1. The topological polar surface area (TPSA) is 84.6 Å². The number of alkyl halides is 3. The second-order valence-electron chi connectivity index (χ2n) is 9.64. The molecule has 0 spiro atoms. The van der Waals surface area contributed by atoms with Gasteiger partial charge in [-0.05, 0) is 85.9 Å². The highest BCUT2D eigenvalue weighted by atomic mass is 32.2. The second kappa shape index (κ2) is 13.4. The fourth-order valence-electron chi connectivity index (χ4n) is 4.46. The van der Waals surface area contributed by atoms with Crippen molar-refractivity contribution in [3.05, 3.63) is 90.3 Å². The Kier molecular flexibility index (Phi) is 9.41. The first-order valence-electron chi connectivity index (χ1n) is 13.4. The molecule has 1 aliphatic heterocycles. The first kappa shape index (κ1) is 30.2. The minimum Gasteiger partial charge on any atom is -0.406 e. The van der Waals surface area contributed by atoms with Crippen molar-refractivity contribution in [2.24, 2.45) is 4.99 Å². The molecule has 0 unspecified atom stereocenters. The lowest BCUT2D eigenvalue weighted by atomic mass is 10.0. The summed E-state index contributed by atoms with van der Waals surface area (Å²) in [5, 5.41) is 8.58. The molecule has 0 aliphatic carbocycles. The number of amidine groups is 1. The molecule has 1 N–H and O–H groups in total. The van der Waals surface area contributed by atoms with Gasteiger partial charge in [0.1, 0.15) is 12.1 Å². The summed E-state index contributed by atoms with van der Waals surface area (Å²) < 4.78 is 42.7. The third-order valence-corrected chi connectivity index (χ3v) is 7.66. The quantitative estimate of drug-likeness (QED) is 0.169. The van der Waals surface area contributed by atoms with Crippen LogP contribution in [0.25, 0.3) is 17.1 Å². The van der Waals surface area contributed by atoms with Gasteiger partial charge in [0.2, 0.25) is 5.91 Å². The van der Waals surface area contributed by atoms with Gasteiger partial charge in [0.25, 0.3) is 0 Å². The molecule has 8 nitrogen and oxygen atoms in total. The van der Waals surface area contributed by atoms with Gasteiger partial charge in [-0.2, -0.15) is 4.99 Å². The number of carbonyl (C=O) groups excluding carboxylic acids is 1. The van der Waals surface area contributed by atoms with Crippen LogP contribution in [0.1, 0.15) is 24.0 Å². The van der Waals surface area contributed by atoms with E-state index in [0.29, 0.717) is 34.1 Å². The van der Waals surface area contributed by atoms with E-state index in [4.69, 9.17) is 12.2 Å². The molecule has 0 bridgehead atoms. The van der Waals surface area contributed by atoms with Crippen molar-refractivity contribution in [1.29, 1.82) is 0 Å². The molecule has 2 heterocycles. The van der Waals surface area contributed by atoms with Crippen LogP contribution < -0.4 is 15.0 Å². The van der Waals surface area contributed by atoms with Crippen molar-refractivity contribution in [3.63, 3.8) is 0 Å². The van der Waals surface area contributed by atoms with Crippen molar-refractivity contribution in [2.75, 3.05) is 17.2 Å². The standard InChI is InChI=1S/C30H27F3N6O2S2/c1-20-7-2-3-11-25(20)39-26(40)18-43-29(39)36-28(42)34-16-5-4-8-21-9-6-10-22(17-21)27-35-19-38(37-27)23-12-14-24(15-13-23)41-30(31,32)33/h2-3,6-7,9-15,17,19H,4-5,8,16,18H2,1H3,(H,34,42)/b36-29-. The molecule has 0 saturated carbocycles. The normalized spacial score (nSPS) is 14.4. The van der Waals surface area contributed by atoms with Crippen LogP contribution in [0, 0.1) is 6.92 Å². The smallest absolute Gasteiger partial charge is 0.406 e. The van der Waals surface area contributed by atoms with Crippen LogP contribution >= 0.6 is 24.0 Å². The second-order valence-corrected chi connectivity index (χ2v) is 11.0. The zero-order valence-electron chi connectivity index (χ0n) is 23.0. The summed E-state index contributed by atoms with van der Waals surface area (Å²) in [7, 11) is 0. The molecule has 1 fully saturated rings. The van der Waals surface area contributed by atoms with E-state index in [1.165, 1.54) is 47.0 Å². The number of nitrogens with one attached hydrogen (secondary N) is 1. The summed E-state index contributed by atoms with van der Waals surface area (Å²) in [6.45, 7) is 2.61. The van der Waals surface area contributed by atoms with E-state index >= 15 is 0 Å². The van der Waals surface area contributed by atoms with E-state index in [9.17, 15) is 18.0 Å². The van der Waals surface area contributed by atoms with Crippen LogP contribution in [0.2, 0.25) is 0 Å². The van der Waals surface area contributed by atoms with E-state index in [2.05, 4.69) is 25.1 Å². The summed E-state index contributed by atoms with van der Waals surface area (Å²) in [5.41, 5.74) is 4.33. The number of carbonyl (C=O) groups is 1. The molecule has 13 heteroatoms. The summed E-state index contributed by atoms with van der Waals surface area (Å²) >= 11 is 6.80. The van der Waals surface area contributed by atoms with Gasteiger partial charge in [-0.25, -0.2) is 9.67 Å². The van der Waals surface area contributed by atoms with Crippen molar-refractivity contribution in [2.45, 2.75) is 32.5 Å². The highest BCUT2D eigenvalue weighted by Gasteiger charge is 2.31. The fraction of sp³-hybridized carbons (Fsp3) is 0.233. The van der Waals surface area contributed by atoms with Gasteiger partial charge in [-0.3, -0.25) is 9.69 Å². The molecular weight excluding hydrogens is 597 g/mol. The molecular formula is C30H27F3N6O2S2. The summed E-state index contributed by atoms with van der Waals surface area (Å²) in [6.07, 6.45) is -0.619. The van der Waals surface area contributed by atoms with Crippen LogP contribution in [0.3, 0.4) is 0 Å². The number of nitrogens with zero attached hydrogens (tertiary/aromatic N) is 5. The fourth-order valence-corrected chi connectivity index (χ4v) is 5.57. The molecule has 3 aromatic carbocycles. The zero-order chi connectivity index (χ0) is 30.4. The van der Waals surface area contributed by atoms with Crippen LogP contribution in [0.4, 0.5) is 18.9 Å².